The number of benzene rings is 1. The second-order valence-electron chi connectivity index (χ2n) is 4.45. The van der Waals surface area contributed by atoms with Crippen molar-refractivity contribution in [3.05, 3.63) is 23.2 Å². The number of halogens is 1. The summed E-state index contributed by atoms with van der Waals surface area (Å²) in [5.41, 5.74) is 0. The first-order valence-electron chi connectivity index (χ1n) is 5.78. The lowest BCUT2D eigenvalue weighted by Crippen LogP contribution is -2.41. The van der Waals surface area contributed by atoms with Crippen LogP contribution in [-0.4, -0.2) is 33.3 Å². The van der Waals surface area contributed by atoms with Crippen molar-refractivity contribution in [1.82, 2.24) is 4.72 Å². The van der Waals surface area contributed by atoms with E-state index in [-0.39, 0.29) is 23.2 Å². The Balaban J connectivity index is 3.13. The largest absolute Gasteiger partial charge is 0.495 e. The minimum atomic E-state index is -3.77. The van der Waals surface area contributed by atoms with Crippen molar-refractivity contribution in [3.8, 4) is 5.75 Å². The number of aliphatic hydroxyl groups excluding tert-OH is 1. The lowest BCUT2D eigenvalue weighted by atomic mass is 10.1. The van der Waals surface area contributed by atoms with Crippen LogP contribution in [0.1, 0.15) is 13.8 Å². The fourth-order valence-corrected chi connectivity index (χ4v) is 3.20. The molecule has 19 heavy (non-hydrogen) atoms. The molecule has 0 aliphatic rings. The summed E-state index contributed by atoms with van der Waals surface area (Å²) in [6.45, 7) is 3.37. The van der Waals surface area contributed by atoms with Gasteiger partial charge in [-0.15, -0.1) is 0 Å². The van der Waals surface area contributed by atoms with Gasteiger partial charge >= 0.3 is 0 Å². The minimum Gasteiger partial charge on any atom is -0.495 e. The molecule has 5 nitrogen and oxygen atoms in total. The van der Waals surface area contributed by atoms with E-state index in [9.17, 15) is 13.5 Å². The molecule has 1 aromatic carbocycles. The molecule has 108 valence electrons. The summed E-state index contributed by atoms with van der Waals surface area (Å²) in [6.07, 6.45) is 0. The van der Waals surface area contributed by atoms with Gasteiger partial charge in [0.15, 0.2) is 0 Å². The van der Waals surface area contributed by atoms with Crippen molar-refractivity contribution in [1.29, 1.82) is 0 Å². The van der Waals surface area contributed by atoms with Gasteiger partial charge in [-0.1, -0.05) is 25.4 Å². The van der Waals surface area contributed by atoms with Crippen LogP contribution in [0.5, 0.6) is 5.75 Å². The Hall–Kier alpha value is -0.820. The zero-order chi connectivity index (χ0) is 14.6. The summed E-state index contributed by atoms with van der Waals surface area (Å²) in [7, 11) is -2.40. The molecule has 0 saturated heterocycles. The predicted molar refractivity (Wildman–Crippen MR) is 74.0 cm³/mol. The van der Waals surface area contributed by atoms with E-state index in [4.69, 9.17) is 16.3 Å². The van der Waals surface area contributed by atoms with Crippen molar-refractivity contribution in [2.75, 3.05) is 13.7 Å². The molecule has 0 fully saturated rings. The molecular formula is C12H18ClNO4S. The topological polar surface area (TPSA) is 75.6 Å². The number of methoxy groups -OCH3 is 1. The van der Waals surface area contributed by atoms with Crippen LogP contribution >= 0.6 is 11.6 Å². The fraction of sp³-hybridized carbons (Fsp3) is 0.500. The number of ether oxygens (including phenoxy) is 1. The normalized spacial score (nSPS) is 13.6. The van der Waals surface area contributed by atoms with Crippen LogP contribution in [0.25, 0.3) is 0 Å². The summed E-state index contributed by atoms with van der Waals surface area (Å²) in [4.78, 5) is -0.00139. The molecule has 0 saturated carbocycles. The Kier molecular flexibility index (Phi) is 5.61. The summed E-state index contributed by atoms with van der Waals surface area (Å²) < 4.78 is 32.0. The van der Waals surface area contributed by atoms with E-state index in [1.807, 2.05) is 13.8 Å². The van der Waals surface area contributed by atoms with Gasteiger partial charge in [0, 0.05) is 17.1 Å². The monoisotopic (exact) mass is 307 g/mol. The summed E-state index contributed by atoms with van der Waals surface area (Å²) in [5.74, 6) is 0.138. The minimum absolute atomic E-state index is 0.00139. The molecule has 0 radical (unpaired) electrons. The van der Waals surface area contributed by atoms with Crippen LogP contribution in [0, 0.1) is 5.92 Å². The van der Waals surface area contributed by atoms with E-state index in [1.54, 1.807) is 0 Å². The van der Waals surface area contributed by atoms with Gasteiger partial charge in [-0.3, -0.25) is 0 Å². The molecule has 0 aliphatic carbocycles. The van der Waals surface area contributed by atoms with Crippen LogP contribution in [0.2, 0.25) is 5.02 Å². The molecule has 0 spiro atoms. The molecule has 2 N–H and O–H groups in total. The molecule has 0 amide bonds. The first kappa shape index (κ1) is 16.2. The van der Waals surface area contributed by atoms with Gasteiger partial charge in [-0.2, -0.15) is 0 Å². The molecule has 1 aromatic rings. The van der Waals surface area contributed by atoms with Crippen molar-refractivity contribution >= 4 is 21.6 Å². The highest BCUT2D eigenvalue weighted by Gasteiger charge is 2.24. The highest BCUT2D eigenvalue weighted by atomic mass is 35.5. The van der Waals surface area contributed by atoms with Crippen molar-refractivity contribution in [3.63, 3.8) is 0 Å². The van der Waals surface area contributed by atoms with Crippen LogP contribution in [0.3, 0.4) is 0 Å². The SMILES string of the molecule is COc1cc(Cl)ccc1S(=O)(=O)NC(CO)C(C)C. The Morgan fingerprint density at radius 1 is 1.42 bits per heavy atom. The average Bonchev–Trinajstić information content (AvgIpc) is 2.35. The lowest BCUT2D eigenvalue weighted by molar-refractivity contribution is 0.227. The quantitative estimate of drug-likeness (QED) is 0.838. The third-order valence-corrected chi connectivity index (χ3v) is 4.49. The van der Waals surface area contributed by atoms with E-state index < -0.39 is 16.1 Å². The van der Waals surface area contributed by atoms with E-state index in [0.29, 0.717) is 5.02 Å². The van der Waals surface area contributed by atoms with Crippen LogP contribution in [0.15, 0.2) is 23.1 Å². The van der Waals surface area contributed by atoms with Gasteiger partial charge in [0.1, 0.15) is 10.6 Å². The van der Waals surface area contributed by atoms with Crippen molar-refractivity contribution in [2.45, 2.75) is 24.8 Å². The predicted octanol–water partition coefficient (Wildman–Crippen LogP) is 1.64. The number of rotatable bonds is 6. The summed E-state index contributed by atoms with van der Waals surface area (Å²) >= 11 is 5.79. The molecule has 0 bridgehead atoms. The molecular weight excluding hydrogens is 290 g/mol. The molecule has 1 atom stereocenters. The maximum Gasteiger partial charge on any atom is 0.244 e. The average molecular weight is 308 g/mol. The van der Waals surface area contributed by atoms with Gasteiger partial charge in [0.05, 0.1) is 13.7 Å². The third kappa shape index (κ3) is 4.07. The van der Waals surface area contributed by atoms with Gasteiger partial charge in [-0.25, -0.2) is 13.1 Å². The number of hydrogen-bond donors (Lipinski definition) is 2. The highest BCUT2D eigenvalue weighted by Crippen LogP contribution is 2.27. The maximum atomic E-state index is 12.3. The Labute approximate surface area is 118 Å². The number of nitrogens with one attached hydrogen (secondary N) is 1. The lowest BCUT2D eigenvalue weighted by Gasteiger charge is -2.20. The molecule has 1 rings (SSSR count). The number of aliphatic hydroxyl groups is 1. The van der Waals surface area contributed by atoms with Crippen LogP contribution in [0.4, 0.5) is 0 Å². The van der Waals surface area contributed by atoms with Crippen molar-refractivity contribution in [2.24, 2.45) is 5.92 Å². The van der Waals surface area contributed by atoms with E-state index >= 15 is 0 Å². The first-order valence-corrected chi connectivity index (χ1v) is 7.64. The molecule has 0 aliphatic heterocycles. The second-order valence-corrected chi connectivity index (χ2v) is 6.57. The summed E-state index contributed by atoms with van der Waals surface area (Å²) in [6, 6.07) is 3.73. The van der Waals surface area contributed by atoms with Gasteiger partial charge in [0.25, 0.3) is 0 Å². The van der Waals surface area contributed by atoms with Gasteiger partial charge < -0.3 is 9.84 Å². The summed E-state index contributed by atoms with van der Waals surface area (Å²) in [5, 5.41) is 9.59. The fourth-order valence-electron chi connectivity index (χ4n) is 1.51. The van der Waals surface area contributed by atoms with Crippen LogP contribution < -0.4 is 9.46 Å². The first-order chi connectivity index (χ1) is 8.81. The molecule has 0 aromatic heterocycles. The highest BCUT2D eigenvalue weighted by molar-refractivity contribution is 7.89. The zero-order valence-corrected chi connectivity index (χ0v) is 12.6. The Morgan fingerprint density at radius 2 is 2.05 bits per heavy atom. The van der Waals surface area contributed by atoms with E-state index in [0.717, 1.165) is 0 Å². The smallest absolute Gasteiger partial charge is 0.244 e. The molecule has 1 unspecified atom stereocenters. The zero-order valence-electron chi connectivity index (χ0n) is 11.1. The Morgan fingerprint density at radius 3 is 2.53 bits per heavy atom. The molecule has 0 heterocycles. The van der Waals surface area contributed by atoms with Gasteiger partial charge in [0.2, 0.25) is 10.0 Å². The molecule has 7 heteroatoms. The maximum absolute atomic E-state index is 12.3. The van der Waals surface area contributed by atoms with E-state index in [2.05, 4.69) is 4.72 Å². The standard InChI is InChI=1S/C12H18ClNO4S/c1-8(2)10(7-15)14-19(16,17)12-5-4-9(13)6-11(12)18-3/h4-6,8,10,14-15H,7H2,1-3H3. The Bertz CT molecular complexity index is 531. The van der Waals surface area contributed by atoms with Crippen molar-refractivity contribution < 1.29 is 18.3 Å². The number of hydrogen-bond acceptors (Lipinski definition) is 4. The van der Waals surface area contributed by atoms with Gasteiger partial charge in [-0.05, 0) is 18.1 Å². The van der Waals surface area contributed by atoms with Crippen LogP contribution in [-0.2, 0) is 10.0 Å². The third-order valence-electron chi connectivity index (χ3n) is 2.72. The second kappa shape index (κ2) is 6.56. The van der Waals surface area contributed by atoms with E-state index in [1.165, 1.54) is 25.3 Å². The number of sulfonamides is 1.